The molecule has 3 rings (SSSR count). The maximum Gasteiger partial charge on any atom is 0.327 e. The van der Waals surface area contributed by atoms with Crippen molar-refractivity contribution in [1.29, 1.82) is 0 Å². The molecule has 0 amide bonds. The Kier molecular flexibility index (Phi) is 4.64. The van der Waals surface area contributed by atoms with Gasteiger partial charge < -0.3 is 9.47 Å². The van der Waals surface area contributed by atoms with Crippen LogP contribution in [0.4, 0.5) is 0 Å². The molecule has 0 N–H and O–H groups in total. The highest BCUT2D eigenvalue weighted by atomic mass is 16.5. The zero-order valence-corrected chi connectivity index (χ0v) is 14.6. The van der Waals surface area contributed by atoms with Crippen LogP contribution in [0, 0.1) is 5.41 Å². The minimum absolute atomic E-state index is 0.125. The summed E-state index contributed by atoms with van der Waals surface area (Å²) in [6.45, 7) is 4.68. The second-order valence-corrected chi connectivity index (χ2v) is 6.79. The van der Waals surface area contributed by atoms with Gasteiger partial charge in [0.15, 0.2) is 0 Å². The molecule has 3 unspecified atom stereocenters. The van der Waals surface area contributed by atoms with E-state index in [1.54, 1.807) is 6.92 Å². The zero-order valence-electron chi connectivity index (χ0n) is 14.6. The van der Waals surface area contributed by atoms with Gasteiger partial charge in [-0.1, -0.05) is 30.3 Å². The molecule has 0 aliphatic carbocycles. The maximum atomic E-state index is 12.7. The van der Waals surface area contributed by atoms with Gasteiger partial charge in [0, 0.05) is 25.9 Å². The Morgan fingerprint density at radius 3 is 2.56 bits per heavy atom. The van der Waals surface area contributed by atoms with Crippen molar-refractivity contribution in [2.24, 2.45) is 5.41 Å². The first-order valence-corrected chi connectivity index (χ1v) is 8.59. The van der Waals surface area contributed by atoms with Crippen molar-refractivity contribution < 1.29 is 23.9 Å². The summed E-state index contributed by atoms with van der Waals surface area (Å²) in [5, 5.41) is 0. The van der Waals surface area contributed by atoms with Crippen molar-refractivity contribution in [3.63, 3.8) is 0 Å². The molecule has 0 saturated carbocycles. The first kappa shape index (κ1) is 17.6. The Hall–Kier alpha value is -2.21. The molecule has 0 spiro atoms. The Morgan fingerprint density at radius 1 is 1.28 bits per heavy atom. The van der Waals surface area contributed by atoms with Crippen molar-refractivity contribution in [2.45, 2.75) is 38.8 Å². The summed E-state index contributed by atoms with van der Waals surface area (Å²) in [5.41, 5.74) is -1.10. The Labute approximate surface area is 147 Å². The number of benzene rings is 1. The molecule has 2 heterocycles. The highest BCUT2D eigenvalue weighted by molar-refractivity contribution is 6.04. The number of hydrogen-bond acceptors (Lipinski definition) is 6. The number of Topliss-reactive ketones (excluding diaryl/α,β-unsaturated/α-hetero) is 1. The predicted octanol–water partition coefficient (Wildman–Crippen LogP) is 1.72. The minimum Gasteiger partial charge on any atom is -0.465 e. The average molecular weight is 345 g/mol. The van der Waals surface area contributed by atoms with E-state index in [9.17, 15) is 14.4 Å². The van der Waals surface area contributed by atoms with Crippen molar-refractivity contribution in [2.75, 3.05) is 19.8 Å². The molecular weight excluding hydrogens is 322 g/mol. The third-order valence-corrected chi connectivity index (χ3v) is 5.25. The quantitative estimate of drug-likeness (QED) is 0.426. The van der Waals surface area contributed by atoms with Crippen LogP contribution < -0.4 is 0 Å². The lowest BCUT2D eigenvalue weighted by molar-refractivity contribution is -0.154. The monoisotopic (exact) mass is 345 g/mol. The van der Waals surface area contributed by atoms with E-state index < -0.39 is 16.9 Å². The number of esters is 2. The van der Waals surface area contributed by atoms with Crippen LogP contribution in [0.25, 0.3) is 0 Å². The summed E-state index contributed by atoms with van der Waals surface area (Å²) in [6, 6.07) is 9.79. The third-order valence-electron chi connectivity index (χ3n) is 5.25. The van der Waals surface area contributed by atoms with Crippen LogP contribution >= 0.6 is 0 Å². The van der Waals surface area contributed by atoms with Gasteiger partial charge in [0.2, 0.25) is 0 Å². The second-order valence-electron chi connectivity index (χ2n) is 6.79. The highest BCUT2D eigenvalue weighted by Crippen LogP contribution is 2.48. The SMILES string of the molecule is CCOC(=O)C1(CC2(C(C)=O)CCOC2=O)CN1Cc1ccccc1. The summed E-state index contributed by atoms with van der Waals surface area (Å²) < 4.78 is 10.3. The molecule has 6 heteroatoms. The van der Waals surface area contributed by atoms with E-state index in [0.717, 1.165) is 5.56 Å². The standard InChI is InChI=1S/C19H23NO5/c1-3-24-17(23)19(12-18(14(2)21)9-10-25-16(18)22)13-20(19)11-15-7-5-4-6-8-15/h4-8H,3,9-13H2,1-2H3. The molecule has 2 fully saturated rings. The lowest BCUT2D eigenvalue weighted by Crippen LogP contribution is -2.44. The Balaban J connectivity index is 1.85. The molecule has 2 aliphatic rings. The van der Waals surface area contributed by atoms with Gasteiger partial charge in [0.05, 0.1) is 13.2 Å². The molecule has 6 nitrogen and oxygen atoms in total. The highest BCUT2D eigenvalue weighted by Gasteiger charge is 2.66. The van der Waals surface area contributed by atoms with Crippen LogP contribution in [-0.4, -0.2) is 47.9 Å². The summed E-state index contributed by atoms with van der Waals surface area (Å²) in [6.07, 6.45) is 0.446. The van der Waals surface area contributed by atoms with Gasteiger partial charge in [-0.05, 0) is 19.4 Å². The van der Waals surface area contributed by atoms with Crippen LogP contribution in [0.3, 0.4) is 0 Å². The van der Waals surface area contributed by atoms with Gasteiger partial charge in [-0.2, -0.15) is 0 Å². The molecule has 134 valence electrons. The predicted molar refractivity (Wildman–Crippen MR) is 89.5 cm³/mol. The largest absolute Gasteiger partial charge is 0.465 e. The summed E-state index contributed by atoms with van der Waals surface area (Å²) in [7, 11) is 0. The van der Waals surface area contributed by atoms with Crippen LogP contribution in [0.15, 0.2) is 30.3 Å². The van der Waals surface area contributed by atoms with E-state index in [1.807, 2.05) is 35.2 Å². The third kappa shape index (κ3) is 3.06. The fourth-order valence-corrected chi connectivity index (χ4v) is 3.65. The van der Waals surface area contributed by atoms with E-state index >= 15 is 0 Å². The first-order chi connectivity index (χ1) is 11.9. The summed E-state index contributed by atoms with van der Waals surface area (Å²) >= 11 is 0. The molecule has 2 saturated heterocycles. The normalized spacial score (nSPS) is 30.6. The second kappa shape index (κ2) is 6.59. The van der Waals surface area contributed by atoms with E-state index in [1.165, 1.54) is 6.92 Å². The van der Waals surface area contributed by atoms with Crippen LogP contribution in [-0.2, 0) is 30.4 Å². The average Bonchev–Trinajstić information content (AvgIpc) is 3.14. The van der Waals surface area contributed by atoms with Crippen molar-refractivity contribution >= 4 is 17.7 Å². The van der Waals surface area contributed by atoms with E-state index in [4.69, 9.17) is 9.47 Å². The van der Waals surface area contributed by atoms with Gasteiger partial charge in [-0.25, -0.2) is 4.79 Å². The van der Waals surface area contributed by atoms with Crippen LogP contribution in [0.1, 0.15) is 32.3 Å². The molecule has 1 aromatic rings. The smallest absolute Gasteiger partial charge is 0.327 e. The number of nitrogens with zero attached hydrogens (tertiary/aromatic N) is 1. The summed E-state index contributed by atoms with van der Waals surface area (Å²) in [4.78, 5) is 39.2. The Bertz CT molecular complexity index is 688. The number of carbonyl (C=O) groups excluding carboxylic acids is 3. The number of carbonyl (C=O) groups is 3. The minimum atomic E-state index is -1.24. The van der Waals surface area contributed by atoms with E-state index in [-0.39, 0.29) is 31.4 Å². The number of hydrogen-bond donors (Lipinski definition) is 0. The van der Waals surface area contributed by atoms with Gasteiger partial charge >= 0.3 is 11.9 Å². The lowest BCUT2D eigenvalue weighted by Gasteiger charge is -2.26. The van der Waals surface area contributed by atoms with Crippen molar-refractivity contribution in [1.82, 2.24) is 4.90 Å². The molecular formula is C19H23NO5. The van der Waals surface area contributed by atoms with E-state index in [0.29, 0.717) is 19.5 Å². The molecule has 25 heavy (non-hydrogen) atoms. The summed E-state index contributed by atoms with van der Waals surface area (Å²) in [5.74, 6) is -1.13. The van der Waals surface area contributed by atoms with Crippen LogP contribution in [0.5, 0.6) is 0 Å². The molecule has 0 aromatic heterocycles. The molecule has 2 aliphatic heterocycles. The number of ether oxygens (including phenoxy) is 2. The molecule has 1 aromatic carbocycles. The molecule has 3 atom stereocenters. The lowest BCUT2D eigenvalue weighted by atomic mass is 9.74. The van der Waals surface area contributed by atoms with Gasteiger partial charge in [0.25, 0.3) is 0 Å². The zero-order chi connectivity index (χ0) is 18.1. The number of ketones is 1. The van der Waals surface area contributed by atoms with Gasteiger partial charge in [0.1, 0.15) is 16.7 Å². The number of rotatable bonds is 7. The van der Waals surface area contributed by atoms with Gasteiger partial charge in [-0.15, -0.1) is 0 Å². The fourth-order valence-electron chi connectivity index (χ4n) is 3.65. The fraction of sp³-hybridized carbons (Fsp3) is 0.526. The van der Waals surface area contributed by atoms with Gasteiger partial charge in [-0.3, -0.25) is 14.5 Å². The maximum absolute atomic E-state index is 12.7. The molecule has 0 radical (unpaired) electrons. The Morgan fingerprint density at radius 2 is 2.00 bits per heavy atom. The van der Waals surface area contributed by atoms with Crippen molar-refractivity contribution in [3.05, 3.63) is 35.9 Å². The molecule has 0 bridgehead atoms. The van der Waals surface area contributed by atoms with Crippen LogP contribution in [0.2, 0.25) is 0 Å². The topological polar surface area (TPSA) is 72.7 Å². The van der Waals surface area contributed by atoms with E-state index in [2.05, 4.69) is 0 Å². The van der Waals surface area contributed by atoms with Crippen molar-refractivity contribution in [3.8, 4) is 0 Å². The number of cyclic esters (lactones) is 1. The first-order valence-electron chi connectivity index (χ1n) is 8.59.